The quantitative estimate of drug-likeness (QED) is 0.811. The first-order chi connectivity index (χ1) is 13.4. The molecule has 0 atom stereocenters. The molecule has 4 rings (SSSR count). The molecule has 152 valence electrons. The third-order valence-corrected chi connectivity index (χ3v) is 7.35. The molecule has 8 nitrogen and oxygen atoms in total. The Morgan fingerprint density at radius 2 is 1.82 bits per heavy atom. The number of hydrogen-bond donors (Lipinski definition) is 1. The number of methoxy groups -OCH3 is 1. The van der Waals surface area contributed by atoms with Crippen molar-refractivity contribution in [2.45, 2.75) is 37.0 Å². The number of ether oxygens (including phenoxy) is 1. The molecule has 1 aromatic rings. The molecule has 1 aromatic carbocycles. The normalized spacial score (nSPS) is 19.7. The minimum absolute atomic E-state index is 0.123. The lowest BCUT2D eigenvalue weighted by molar-refractivity contribution is -0.118. The molecule has 0 radical (unpaired) electrons. The van der Waals surface area contributed by atoms with Crippen molar-refractivity contribution >= 4 is 27.7 Å². The Hall–Kier alpha value is -2.13. The van der Waals surface area contributed by atoms with Crippen molar-refractivity contribution in [2.24, 2.45) is 5.92 Å². The van der Waals surface area contributed by atoms with Gasteiger partial charge in [-0.15, -0.1) is 0 Å². The van der Waals surface area contributed by atoms with Crippen molar-refractivity contribution < 1.29 is 22.7 Å². The zero-order valence-electron chi connectivity index (χ0n) is 15.9. The number of amides is 2. The number of nitrogens with one attached hydrogen (secondary N) is 1. The molecule has 0 spiro atoms. The van der Waals surface area contributed by atoms with Crippen LogP contribution in [0.15, 0.2) is 17.0 Å². The van der Waals surface area contributed by atoms with Gasteiger partial charge in [-0.2, -0.15) is 0 Å². The Morgan fingerprint density at radius 1 is 1.14 bits per heavy atom. The van der Waals surface area contributed by atoms with Gasteiger partial charge in [0.15, 0.2) is 0 Å². The molecule has 2 amide bonds. The molecule has 9 heteroatoms. The first kappa shape index (κ1) is 19.2. The van der Waals surface area contributed by atoms with E-state index in [0.717, 1.165) is 29.7 Å². The van der Waals surface area contributed by atoms with Gasteiger partial charge in [-0.1, -0.05) is 0 Å². The van der Waals surface area contributed by atoms with Gasteiger partial charge in [-0.25, -0.2) is 17.9 Å². The summed E-state index contributed by atoms with van der Waals surface area (Å²) >= 11 is 0. The molecule has 0 bridgehead atoms. The van der Waals surface area contributed by atoms with E-state index in [1.807, 2.05) is 0 Å². The molecule has 3 heterocycles. The van der Waals surface area contributed by atoms with E-state index in [1.54, 1.807) is 21.9 Å². The van der Waals surface area contributed by atoms with E-state index in [4.69, 9.17) is 4.74 Å². The number of anilines is 1. The molecule has 3 aliphatic rings. The second-order valence-electron chi connectivity index (χ2n) is 7.64. The number of aryl methyl sites for hydroxylation is 1. The standard InChI is InChI=1S/C19H25N3O5S/c1-27-19(24)21-7-4-13(5-8-21)12-20-28(25,26)16-10-14-2-3-17(23)22-9-6-15(11-16)18(14)22/h10-11,13,20H,2-9,12H2,1H3. The average molecular weight is 407 g/mol. The van der Waals surface area contributed by atoms with Gasteiger partial charge >= 0.3 is 6.09 Å². The molecule has 1 N–H and O–H groups in total. The topological polar surface area (TPSA) is 96.0 Å². The van der Waals surface area contributed by atoms with E-state index >= 15 is 0 Å². The summed E-state index contributed by atoms with van der Waals surface area (Å²) < 4.78 is 33.2. The maximum absolute atomic E-state index is 12.8. The van der Waals surface area contributed by atoms with Crippen LogP contribution in [0.3, 0.4) is 0 Å². The Balaban J connectivity index is 1.43. The molecule has 3 aliphatic heterocycles. The van der Waals surface area contributed by atoms with E-state index in [1.165, 1.54) is 7.11 Å². The Kier molecular flexibility index (Phi) is 5.05. The fourth-order valence-electron chi connectivity index (χ4n) is 4.34. The number of piperidine rings is 1. The Bertz CT molecular complexity index is 906. The van der Waals surface area contributed by atoms with E-state index in [0.29, 0.717) is 45.4 Å². The smallest absolute Gasteiger partial charge is 0.409 e. The number of hydrogen-bond acceptors (Lipinski definition) is 5. The van der Waals surface area contributed by atoms with Crippen molar-refractivity contribution in [3.63, 3.8) is 0 Å². The molecular formula is C19H25N3O5S. The number of benzene rings is 1. The maximum atomic E-state index is 12.8. The number of rotatable bonds is 4. The molecule has 0 unspecified atom stereocenters. The molecule has 28 heavy (non-hydrogen) atoms. The lowest BCUT2D eigenvalue weighted by atomic mass is 9.97. The van der Waals surface area contributed by atoms with E-state index in [2.05, 4.69) is 4.72 Å². The first-order valence-electron chi connectivity index (χ1n) is 9.68. The highest BCUT2D eigenvalue weighted by Gasteiger charge is 2.33. The summed E-state index contributed by atoms with van der Waals surface area (Å²) in [5.74, 6) is 0.315. The molecular weight excluding hydrogens is 382 g/mol. The highest BCUT2D eigenvalue weighted by molar-refractivity contribution is 7.89. The summed E-state index contributed by atoms with van der Waals surface area (Å²) in [6.45, 7) is 2.14. The van der Waals surface area contributed by atoms with Gasteiger partial charge in [0, 0.05) is 32.6 Å². The second kappa shape index (κ2) is 7.36. The van der Waals surface area contributed by atoms with Gasteiger partial charge in [0.05, 0.1) is 17.7 Å². The molecule has 0 aromatic heterocycles. The van der Waals surface area contributed by atoms with Crippen LogP contribution in [0.1, 0.15) is 30.4 Å². The van der Waals surface area contributed by atoms with Gasteiger partial charge in [0.1, 0.15) is 0 Å². The lowest BCUT2D eigenvalue weighted by Gasteiger charge is -2.31. The summed E-state index contributed by atoms with van der Waals surface area (Å²) in [6.07, 6.45) is 2.87. The van der Waals surface area contributed by atoms with Crippen LogP contribution in [-0.4, -0.2) is 58.6 Å². The van der Waals surface area contributed by atoms with Crippen molar-refractivity contribution in [3.8, 4) is 0 Å². The monoisotopic (exact) mass is 407 g/mol. The predicted molar refractivity (Wildman–Crippen MR) is 103 cm³/mol. The van der Waals surface area contributed by atoms with Crippen LogP contribution in [0.5, 0.6) is 0 Å². The fraction of sp³-hybridized carbons (Fsp3) is 0.579. The Labute approximate surface area is 164 Å². The highest BCUT2D eigenvalue weighted by Crippen LogP contribution is 2.38. The largest absolute Gasteiger partial charge is 0.453 e. The SMILES string of the molecule is COC(=O)N1CCC(CNS(=O)(=O)c2cc3c4c(c2)CCN4C(=O)CC3)CC1. The van der Waals surface area contributed by atoms with Crippen LogP contribution in [0, 0.1) is 5.92 Å². The van der Waals surface area contributed by atoms with Gasteiger partial charge in [0.25, 0.3) is 0 Å². The van der Waals surface area contributed by atoms with Crippen molar-refractivity contribution in [1.82, 2.24) is 9.62 Å². The maximum Gasteiger partial charge on any atom is 0.409 e. The van der Waals surface area contributed by atoms with Crippen LogP contribution in [0.25, 0.3) is 0 Å². The molecule has 0 saturated carbocycles. The fourth-order valence-corrected chi connectivity index (χ4v) is 5.56. The van der Waals surface area contributed by atoms with E-state index in [-0.39, 0.29) is 22.8 Å². The lowest BCUT2D eigenvalue weighted by Crippen LogP contribution is -2.41. The first-order valence-corrected chi connectivity index (χ1v) is 11.2. The zero-order valence-corrected chi connectivity index (χ0v) is 16.8. The van der Waals surface area contributed by atoms with Crippen LogP contribution in [-0.2, 0) is 32.4 Å². The minimum atomic E-state index is -3.61. The highest BCUT2D eigenvalue weighted by atomic mass is 32.2. The van der Waals surface area contributed by atoms with E-state index < -0.39 is 10.0 Å². The summed E-state index contributed by atoms with van der Waals surface area (Å²) in [7, 11) is -2.25. The number of carbonyl (C=O) groups excluding carboxylic acids is 2. The summed E-state index contributed by atoms with van der Waals surface area (Å²) in [6, 6.07) is 3.42. The van der Waals surface area contributed by atoms with Crippen LogP contribution >= 0.6 is 0 Å². The van der Waals surface area contributed by atoms with Crippen LogP contribution in [0.2, 0.25) is 0 Å². The summed E-state index contributed by atoms with van der Waals surface area (Å²) in [5.41, 5.74) is 2.81. The number of nitrogens with zero attached hydrogens (tertiary/aromatic N) is 2. The van der Waals surface area contributed by atoms with Gasteiger partial charge < -0.3 is 14.5 Å². The predicted octanol–water partition coefficient (Wildman–Crippen LogP) is 1.28. The molecule has 1 fully saturated rings. The number of likely N-dealkylation sites (tertiary alicyclic amines) is 1. The average Bonchev–Trinajstić information content (AvgIpc) is 3.14. The number of sulfonamides is 1. The second-order valence-corrected chi connectivity index (χ2v) is 9.40. The van der Waals surface area contributed by atoms with Crippen LogP contribution < -0.4 is 9.62 Å². The van der Waals surface area contributed by atoms with E-state index in [9.17, 15) is 18.0 Å². The Morgan fingerprint density at radius 3 is 2.50 bits per heavy atom. The summed E-state index contributed by atoms with van der Waals surface area (Å²) in [4.78, 5) is 27.3. The minimum Gasteiger partial charge on any atom is -0.453 e. The molecule has 0 aliphatic carbocycles. The van der Waals surface area contributed by atoms with Gasteiger partial charge in [-0.3, -0.25) is 4.79 Å². The molecule has 1 saturated heterocycles. The number of carbonyl (C=O) groups is 2. The van der Waals surface area contributed by atoms with Crippen molar-refractivity contribution in [3.05, 3.63) is 23.3 Å². The van der Waals surface area contributed by atoms with Crippen LogP contribution in [0.4, 0.5) is 10.5 Å². The van der Waals surface area contributed by atoms with Crippen molar-refractivity contribution in [2.75, 3.05) is 38.2 Å². The van der Waals surface area contributed by atoms with Gasteiger partial charge in [0.2, 0.25) is 15.9 Å². The van der Waals surface area contributed by atoms with Crippen molar-refractivity contribution in [1.29, 1.82) is 0 Å². The third-order valence-electron chi connectivity index (χ3n) is 5.94. The van der Waals surface area contributed by atoms with Gasteiger partial charge in [-0.05, 0) is 54.9 Å². The summed E-state index contributed by atoms with van der Waals surface area (Å²) in [5, 5.41) is 0. The third kappa shape index (κ3) is 3.48. The zero-order chi connectivity index (χ0) is 19.9.